The minimum Gasteiger partial charge on any atom is -0.726 e. The van der Waals surface area contributed by atoms with Gasteiger partial charge in [0.25, 0.3) is 12.0 Å². The SMILES string of the molecule is CC(C)(C)c1c[o+]c(-c2ccccc2)o1.O=S(=O)([O-])O. The van der Waals surface area contributed by atoms with Crippen LogP contribution < -0.4 is 0 Å². The van der Waals surface area contributed by atoms with Crippen LogP contribution >= 0.6 is 0 Å². The van der Waals surface area contributed by atoms with Crippen molar-refractivity contribution in [3.8, 4) is 11.5 Å². The molecule has 0 aliphatic rings. The molecule has 1 N–H and O–H groups in total. The van der Waals surface area contributed by atoms with Gasteiger partial charge in [-0.25, -0.2) is 8.42 Å². The predicted octanol–water partition coefficient (Wildman–Crippen LogP) is 3.12. The Labute approximate surface area is 117 Å². The van der Waals surface area contributed by atoms with Gasteiger partial charge in [0.2, 0.25) is 10.4 Å². The molecule has 0 radical (unpaired) electrons. The average molecular weight is 300 g/mol. The third-order valence-electron chi connectivity index (χ3n) is 2.22. The smallest absolute Gasteiger partial charge is 0.531 e. The fourth-order valence-electron chi connectivity index (χ4n) is 1.29. The molecule has 0 saturated carbocycles. The maximum Gasteiger partial charge on any atom is 0.531 e. The molecule has 1 aromatic heterocycles. The first kappa shape index (κ1) is 16.4. The topological polar surface area (TPSA) is 102 Å². The Hall–Kier alpha value is -1.70. The third-order valence-corrected chi connectivity index (χ3v) is 2.22. The van der Waals surface area contributed by atoms with Crippen LogP contribution in [0.2, 0.25) is 0 Å². The summed E-state index contributed by atoms with van der Waals surface area (Å²) in [5, 5.41) is 0. The molecule has 0 bridgehead atoms. The van der Waals surface area contributed by atoms with E-state index in [9.17, 15) is 0 Å². The van der Waals surface area contributed by atoms with Gasteiger partial charge in [-0.2, -0.15) is 0 Å². The van der Waals surface area contributed by atoms with Crippen LogP contribution in [0.25, 0.3) is 11.5 Å². The Morgan fingerprint density at radius 1 is 1.20 bits per heavy atom. The minimum atomic E-state index is -4.92. The molecule has 1 aromatic carbocycles. The molecule has 0 fully saturated rings. The fraction of sp³-hybridized carbons (Fsp3) is 0.308. The van der Waals surface area contributed by atoms with E-state index < -0.39 is 10.4 Å². The van der Waals surface area contributed by atoms with Gasteiger partial charge in [-0.05, 0) is 12.1 Å². The standard InChI is InChI=1S/C13H15O2.H2O4S/c1-13(2,3)11-9-14-12(15-11)10-7-5-4-6-8-10;1-5(2,3)4/h4-9H,1-3H3;(H2,1,2,3,4)/q+1;/p-1. The molecule has 0 atom stereocenters. The second kappa shape index (κ2) is 6.17. The van der Waals surface area contributed by atoms with E-state index in [4.69, 9.17) is 26.4 Å². The average Bonchev–Trinajstić information content (AvgIpc) is 2.76. The normalized spacial score (nSPS) is 11.7. The largest absolute Gasteiger partial charge is 0.726 e. The van der Waals surface area contributed by atoms with E-state index in [0.29, 0.717) is 5.96 Å². The van der Waals surface area contributed by atoms with Crippen LogP contribution in [-0.4, -0.2) is 17.5 Å². The lowest BCUT2D eigenvalue weighted by Gasteiger charge is -2.06. The summed E-state index contributed by atoms with van der Waals surface area (Å²) in [5.41, 5.74) is 0.948. The van der Waals surface area contributed by atoms with Crippen molar-refractivity contribution in [2.45, 2.75) is 26.2 Å². The maximum absolute atomic E-state index is 8.63. The first-order chi connectivity index (χ1) is 9.07. The highest BCUT2D eigenvalue weighted by atomic mass is 32.3. The van der Waals surface area contributed by atoms with Gasteiger partial charge in [-0.3, -0.25) is 13.4 Å². The van der Waals surface area contributed by atoms with Crippen LogP contribution in [0.5, 0.6) is 0 Å². The molecule has 0 spiro atoms. The summed E-state index contributed by atoms with van der Waals surface area (Å²) in [7, 11) is -4.92. The van der Waals surface area contributed by atoms with Crippen LogP contribution in [0.1, 0.15) is 26.5 Å². The van der Waals surface area contributed by atoms with Gasteiger partial charge in [0.05, 0.1) is 5.41 Å². The van der Waals surface area contributed by atoms with Gasteiger partial charge >= 0.3 is 5.96 Å². The lowest BCUT2D eigenvalue weighted by atomic mass is 9.94. The summed E-state index contributed by atoms with van der Waals surface area (Å²) in [4.78, 5) is 0. The Kier molecular flexibility index (Phi) is 5.04. The fourth-order valence-corrected chi connectivity index (χ4v) is 1.29. The highest BCUT2D eigenvalue weighted by Gasteiger charge is 2.29. The molecular weight excluding hydrogens is 284 g/mol. The van der Waals surface area contributed by atoms with E-state index in [1.165, 1.54) is 0 Å². The molecule has 110 valence electrons. The Balaban J connectivity index is 0.000000347. The quantitative estimate of drug-likeness (QED) is 0.493. The van der Waals surface area contributed by atoms with E-state index in [1.807, 2.05) is 30.3 Å². The van der Waals surface area contributed by atoms with E-state index >= 15 is 0 Å². The molecular formula is C13H16O6S. The van der Waals surface area contributed by atoms with Crippen LogP contribution in [0.4, 0.5) is 0 Å². The molecule has 2 aromatic rings. The van der Waals surface area contributed by atoms with Crippen molar-refractivity contribution in [3.05, 3.63) is 42.4 Å². The van der Waals surface area contributed by atoms with Crippen molar-refractivity contribution >= 4 is 10.4 Å². The van der Waals surface area contributed by atoms with E-state index in [1.54, 1.807) is 6.26 Å². The lowest BCUT2D eigenvalue weighted by Crippen LogP contribution is -2.08. The zero-order valence-electron chi connectivity index (χ0n) is 11.4. The van der Waals surface area contributed by atoms with Gasteiger partial charge in [-0.15, -0.1) is 0 Å². The number of hydrogen-bond donors (Lipinski definition) is 1. The molecule has 0 aliphatic heterocycles. The van der Waals surface area contributed by atoms with Gasteiger partial charge in [0.1, 0.15) is 5.56 Å². The molecule has 0 saturated heterocycles. The van der Waals surface area contributed by atoms with Crippen LogP contribution in [-0.2, 0) is 15.8 Å². The number of rotatable bonds is 1. The summed E-state index contributed by atoms with van der Waals surface area (Å²) in [6.45, 7) is 6.28. The van der Waals surface area contributed by atoms with Crippen molar-refractivity contribution in [2.24, 2.45) is 0 Å². The highest BCUT2D eigenvalue weighted by molar-refractivity contribution is 7.79. The van der Waals surface area contributed by atoms with E-state index in [-0.39, 0.29) is 5.41 Å². The van der Waals surface area contributed by atoms with Crippen LogP contribution in [0.15, 0.2) is 45.4 Å². The zero-order chi connectivity index (χ0) is 15.4. The number of hydrogen-bond acceptors (Lipinski definition) is 4. The molecule has 0 unspecified atom stereocenters. The van der Waals surface area contributed by atoms with Gasteiger partial charge < -0.3 is 4.55 Å². The van der Waals surface area contributed by atoms with Crippen LogP contribution in [0, 0.1) is 0 Å². The van der Waals surface area contributed by atoms with E-state index in [0.717, 1.165) is 11.3 Å². The highest BCUT2D eigenvalue weighted by Crippen LogP contribution is 2.29. The number of benzene rings is 1. The van der Waals surface area contributed by atoms with Crippen molar-refractivity contribution in [2.75, 3.05) is 0 Å². The molecule has 20 heavy (non-hydrogen) atoms. The molecule has 1 heterocycles. The predicted molar refractivity (Wildman–Crippen MR) is 71.8 cm³/mol. The first-order valence-corrected chi connectivity index (χ1v) is 7.10. The summed E-state index contributed by atoms with van der Waals surface area (Å²) < 4.78 is 43.9. The Bertz CT molecular complexity index is 629. The van der Waals surface area contributed by atoms with Crippen molar-refractivity contribution in [1.29, 1.82) is 0 Å². The maximum atomic E-state index is 8.63. The molecule has 2 rings (SSSR count). The third kappa shape index (κ3) is 5.96. The van der Waals surface area contributed by atoms with Gasteiger partial charge in [0.15, 0.2) is 0 Å². The molecule has 0 aliphatic carbocycles. The van der Waals surface area contributed by atoms with Gasteiger partial charge in [-0.1, -0.05) is 39.0 Å². The van der Waals surface area contributed by atoms with Crippen LogP contribution in [0.3, 0.4) is 0 Å². The van der Waals surface area contributed by atoms with Gasteiger partial charge in [0, 0.05) is 0 Å². The minimum absolute atomic E-state index is 0.0173. The second-order valence-corrected chi connectivity index (χ2v) is 5.89. The summed E-state index contributed by atoms with van der Waals surface area (Å²) in [5.74, 6) is 1.43. The first-order valence-electron chi connectivity index (χ1n) is 5.73. The molecule has 7 heteroatoms. The van der Waals surface area contributed by atoms with Crippen molar-refractivity contribution in [3.63, 3.8) is 0 Å². The Morgan fingerprint density at radius 3 is 2.10 bits per heavy atom. The Morgan fingerprint density at radius 2 is 1.70 bits per heavy atom. The summed E-state index contributed by atoms with van der Waals surface area (Å²) >= 11 is 0. The monoisotopic (exact) mass is 300 g/mol. The second-order valence-electron chi connectivity index (χ2n) is 5.03. The molecule has 0 amide bonds. The van der Waals surface area contributed by atoms with Crippen molar-refractivity contribution < 1.29 is 26.4 Å². The summed E-state index contributed by atoms with van der Waals surface area (Å²) in [6.07, 6.45) is 1.68. The summed E-state index contributed by atoms with van der Waals surface area (Å²) in [6, 6.07) is 9.83. The van der Waals surface area contributed by atoms with E-state index in [2.05, 4.69) is 20.8 Å². The van der Waals surface area contributed by atoms with Crippen molar-refractivity contribution in [1.82, 2.24) is 0 Å². The lowest BCUT2D eigenvalue weighted by molar-refractivity contribution is 0.366. The zero-order valence-corrected chi connectivity index (χ0v) is 12.2. The molecule has 6 nitrogen and oxygen atoms in total.